The predicted molar refractivity (Wildman–Crippen MR) is 243 cm³/mol. The van der Waals surface area contributed by atoms with Crippen molar-refractivity contribution >= 4 is 53.1 Å². The largest absolute Gasteiger partial charge is 0.228 e. The van der Waals surface area contributed by atoms with Gasteiger partial charge in [0.2, 0.25) is 0 Å². The molecule has 0 amide bonds. The Morgan fingerprint density at radius 3 is 1.65 bits per heavy atom. The molecule has 0 saturated heterocycles. The maximum atomic E-state index is 5.13. The van der Waals surface area contributed by atoms with Crippen LogP contribution in [0.15, 0.2) is 206 Å². The molecule has 0 aliphatic carbocycles. The first-order valence-corrected chi connectivity index (χ1v) is 20.1. The van der Waals surface area contributed by atoms with E-state index < -0.39 is 0 Å². The summed E-state index contributed by atoms with van der Waals surface area (Å²) in [4.78, 5) is 10.2. The van der Waals surface area contributed by atoms with Crippen LogP contribution in [0.2, 0.25) is 0 Å². The van der Waals surface area contributed by atoms with Crippen LogP contribution in [0.25, 0.3) is 109 Å². The summed E-state index contributed by atoms with van der Waals surface area (Å²) in [7, 11) is 0. The Morgan fingerprint density at radius 2 is 0.825 bits per heavy atom. The van der Waals surface area contributed by atoms with Crippen molar-refractivity contribution in [1.82, 2.24) is 9.97 Å². The van der Waals surface area contributed by atoms with Crippen LogP contribution in [0, 0.1) is 0 Å². The Kier molecular flexibility index (Phi) is 8.04. The van der Waals surface area contributed by atoms with Crippen molar-refractivity contribution < 1.29 is 0 Å². The number of fused-ring (bicyclic) bond motifs is 5. The number of hydrogen-bond donors (Lipinski definition) is 0. The zero-order valence-corrected chi connectivity index (χ0v) is 31.7. The van der Waals surface area contributed by atoms with Crippen molar-refractivity contribution in [1.29, 1.82) is 0 Å². The van der Waals surface area contributed by atoms with E-state index in [1.807, 2.05) is 29.5 Å². The molecule has 0 aliphatic rings. The van der Waals surface area contributed by atoms with Gasteiger partial charge in [0.1, 0.15) is 0 Å². The standard InChI is InChI=1S/C54H34N2S/c1-2-11-38(12-3-1)54-55-50(37-22-20-36(21-23-37)47-18-9-13-35-10-4-5-16-46(35)47)34-51(56-54)45-27-26-42-31-41(24-25-43(42)32-45)39-14-8-15-40(30-39)44-28-29-53-49(33-44)48-17-6-7-19-52(48)57-53/h1-34H. The molecule has 2 nitrogen and oxygen atoms in total. The molecule has 0 fully saturated rings. The quantitative estimate of drug-likeness (QED) is 0.170. The Balaban J connectivity index is 0.935. The van der Waals surface area contributed by atoms with Gasteiger partial charge in [-0.15, -0.1) is 11.3 Å². The first kappa shape index (κ1) is 33.2. The summed E-state index contributed by atoms with van der Waals surface area (Å²) in [6.45, 7) is 0. The number of nitrogens with zero attached hydrogens (tertiary/aromatic N) is 2. The third-order valence-electron chi connectivity index (χ3n) is 11.1. The van der Waals surface area contributed by atoms with Crippen molar-refractivity contribution in [3.63, 3.8) is 0 Å². The molecule has 0 atom stereocenters. The summed E-state index contributed by atoms with van der Waals surface area (Å²) in [5.74, 6) is 0.711. The number of rotatable bonds is 6. The van der Waals surface area contributed by atoms with Crippen LogP contribution in [-0.4, -0.2) is 9.97 Å². The van der Waals surface area contributed by atoms with Gasteiger partial charge in [-0.25, -0.2) is 9.97 Å². The molecule has 11 aromatic rings. The molecule has 2 aromatic heterocycles. The normalized spacial score (nSPS) is 11.5. The lowest BCUT2D eigenvalue weighted by Gasteiger charge is -2.12. The molecular weight excluding hydrogens is 709 g/mol. The van der Waals surface area contributed by atoms with Gasteiger partial charge in [-0.1, -0.05) is 164 Å². The summed E-state index contributed by atoms with van der Waals surface area (Å²) in [5, 5.41) is 7.50. The molecular formula is C54H34N2S. The second kappa shape index (κ2) is 13.8. The maximum absolute atomic E-state index is 5.13. The third kappa shape index (κ3) is 6.15. The van der Waals surface area contributed by atoms with Crippen molar-refractivity contribution in [3.8, 4) is 67.3 Å². The molecule has 0 N–H and O–H groups in total. The van der Waals surface area contributed by atoms with Gasteiger partial charge in [-0.2, -0.15) is 0 Å². The molecule has 11 rings (SSSR count). The number of benzene rings is 9. The number of hydrogen-bond acceptors (Lipinski definition) is 3. The van der Waals surface area contributed by atoms with Crippen LogP contribution in [0.3, 0.4) is 0 Å². The fraction of sp³-hybridized carbons (Fsp3) is 0. The van der Waals surface area contributed by atoms with Crippen LogP contribution in [0.1, 0.15) is 0 Å². The van der Waals surface area contributed by atoms with Gasteiger partial charge in [0.25, 0.3) is 0 Å². The van der Waals surface area contributed by atoms with Gasteiger partial charge in [0.15, 0.2) is 5.82 Å². The SMILES string of the molecule is c1ccc(-c2nc(-c3ccc(-c4cccc5ccccc45)cc3)cc(-c3ccc4cc(-c5cccc(-c6ccc7sc8ccccc8c7c6)c5)ccc4c3)n2)cc1. The highest BCUT2D eigenvalue weighted by Gasteiger charge is 2.13. The van der Waals surface area contributed by atoms with Crippen molar-refractivity contribution in [2.45, 2.75) is 0 Å². The van der Waals surface area contributed by atoms with E-state index >= 15 is 0 Å². The lowest BCUT2D eigenvalue weighted by Crippen LogP contribution is -1.96. The Morgan fingerprint density at radius 1 is 0.281 bits per heavy atom. The van der Waals surface area contributed by atoms with Crippen molar-refractivity contribution in [2.75, 3.05) is 0 Å². The van der Waals surface area contributed by atoms with Crippen LogP contribution >= 0.6 is 11.3 Å². The van der Waals surface area contributed by atoms with Crippen LogP contribution < -0.4 is 0 Å². The molecule has 57 heavy (non-hydrogen) atoms. The van der Waals surface area contributed by atoms with Crippen LogP contribution in [0.4, 0.5) is 0 Å². The molecule has 0 unspecified atom stereocenters. The summed E-state index contributed by atoms with van der Waals surface area (Å²) in [6, 6.07) is 74.1. The molecule has 9 aromatic carbocycles. The fourth-order valence-electron chi connectivity index (χ4n) is 8.13. The molecule has 0 bridgehead atoms. The Hall–Kier alpha value is -7.20. The second-order valence-corrected chi connectivity index (χ2v) is 15.7. The predicted octanol–water partition coefficient (Wildman–Crippen LogP) is 15.2. The van der Waals surface area contributed by atoms with E-state index in [2.05, 4.69) is 188 Å². The lowest BCUT2D eigenvalue weighted by atomic mass is 9.95. The minimum absolute atomic E-state index is 0.711. The minimum atomic E-state index is 0.711. The summed E-state index contributed by atoms with van der Waals surface area (Å²) < 4.78 is 2.66. The molecule has 3 heteroatoms. The average molecular weight is 743 g/mol. The topological polar surface area (TPSA) is 25.8 Å². The van der Waals surface area contributed by atoms with E-state index in [-0.39, 0.29) is 0 Å². The number of thiophene rings is 1. The van der Waals surface area contributed by atoms with Gasteiger partial charge in [0, 0.05) is 36.9 Å². The maximum Gasteiger partial charge on any atom is 0.160 e. The van der Waals surface area contributed by atoms with Gasteiger partial charge in [0.05, 0.1) is 11.4 Å². The molecule has 266 valence electrons. The molecule has 0 aliphatic heterocycles. The average Bonchev–Trinajstić information content (AvgIpc) is 3.67. The summed E-state index contributed by atoms with van der Waals surface area (Å²) >= 11 is 1.86. The monoisotopic (exact) mass is 742 g/mol. The van der Waals surface area contributed by atoms with E-state index in [1.165, 1.54) is 75.1 Å². The van der Waals surface area contributed by atoms with E-state index in [9.17, 15) is 0 Å². The van der Waals surface area contributed by atoms with Crippen molar-refractivity contribution in [3.05, 3.63) is 206 Å². The smallest absolute Gasteiger partial charge is 0.160 e. The minimum Gasteiger partial charge on any atom is -0.228 e. The first-order valence-electron chi connectivity index (χ1n) is 19.3. The molecule has 0 radical (unpaired) electrons. The molecule has 0 spiro atoms. The van der Waals surface area contributed by atoms with E-state index in [0.29, 0.717) is 5.82 Å². The third-order valence-corrected chi connectivity index (χ3v) is 12.2. The van der Waals surface area contributed by atoms with E-state index in [1.54, 1.807) is 0 Å². The molecule has 2 heterocycles. The highest BCUT2D eigenvalue weighted by atomic mass is 32.1. The van der Waals surface area contributed by atoms with E-state index in [0.717, 1.165) is 28.1 Å². The summed E-state index contributed by atoms with van der Waals surface area (Å²) in [5.41, 5.74) is 12.1. The highest BCUT2D eigenvalue weighted by Crippen LogP contribution is 2.38. The Labute approximate surface area is 335 Å². The molecule has 0 saturated carbocycles. The van der Waals surface area contributed by atoms with E-state index in [4.69, 9.17) is 9.97 Å². The first-order chi connectivity index (χ1) is 28.2. The lowest BCUT2D eigenvalue weighted by molar-refractivity contribution is 1.18. The zero-order valence-electron chi connectivity index (χ0n) is 30.9. The number of aromatic nitrogens is 2. The fourth-order valence-corrected chi connectivity index (χ4v) is 9.21. The Bertz CT molecular complexity index is 3280. The second-order valence-electron chi connectivity index (χ2n) is 14.6. The van der Waals surface area contributed by atoms with Crippen molar-refractivity contribution in [2.24, 2.45) is 0 Å². The van der Waals surface area contributed by atoms with Gasteiger partial charge in [-0.3, -0.25) is 0 Å². The van der Waals surface area contributed by atoms with Gasteiger partial charge >= 0.3 is 0 Å². The zero-order chi connectivity index (χ0) is 37.7. The van der Waals surface area contributed by atoms with Gasteiger partial charge < -0.3 is 0 Å². The summed E-state index contributed by atoms with van der Waals surface area (Å²) in [6.07, 6.45) is 0. The van der Waals surface area contributed by atoms with Crippen LogP contribution in [-0.2, 0) is 0 Å². The van der Waals surface area contributed by atoms with Crippen LogP contribution in [0.5, 0.6) is 0 Å². The highest BCUT2D eigenvalue weighted by molar-refractivity contribution is 7.25. The van der Waals surface area contributed by atoms with Gasteiger partial charge in [-0.05, 0) is 97.4 Å².